The first kappa shape index (κ1) is 6.89. The Bertz CT molecular complexity index is 45.3. The van der Waals surface area contributed by atoms with E-state index in [1.807, 2.05) is 0 Å². The number of hydrogen-bond donors (Lipinski definition) is 1. The first-order valence-corrected chi connectivity index (χ1v) is 2.42. The van der Waals surface area contributed by atoms with Crippen LogP contribution in [0.25, 0.3) is 0 Å². The van der Waals surface area contributed by atoms with E-state index in [1.165, 1.54) is 0 Å². The number of alkyl halides is 1. The van der Waals surface area contributed by atoms with Crippen LogP contribution in [-0.2, 0) is 0 Å². The van der Waals surface area contributed by atoms with Gasteiger partial charge in [0.2, 0.25) is 0 Å². The molecule has 7 heavy (non-hydrogen) atoms. The van der Waals surface area contributed by atoms with E-state index in [0.717, 1.165) is 0 Å². The molecule has 1 unspecified atom stereocenters. The molecule has 0 radical (unpaired) electrons. The van der Waals surface area contributed by atoms with Crippen LogP contribution in [0.3, 0.4) is 0 Å². The van der Waals surface area contributed by atoms with E-state index in [4.69, 9.17) is 5.11 Å². The van der Waals surface area contributed by atoms with E-state index < -0.39 is 12.8 Å². The average Bonchev–Trinajstić information content (AvgIpc) is 1.65. The second-order valence-electron chi connectivity index (χ2n) is 1.87. The molecule has 0 spiro atoms. The second-order valence-corrected chi connectivity index (χ2v) is 1.87. The third kappa shape index (κ3) is 2.57. The lowest BCUT2D eigenvalue weighted by Gasteiger charge is -2.07. The standard InChI is InChI=1S/C5H11FO/c1-4(3-6)5(2)7/h4-5,7H,3H2,1-2H3/t4?,5-/m0/s1. The highest BCUT2D eigenvalue weighted by Crippen LogP contribution is 2.00. The molecule has 0 aromatic heterocycles. The fraction of sp³-hybridized carbons (Fsp3) is 1.00. The van der Waals surface area contributed by atoms with Gasteiger partial charge in [-0.1, -0.05) is 6.92 Å². The smallest absolute Gasteiger partial charge is 0.0944 e. The molecule has 0 aliphatic heterocycles. The van der Waals surface area contributed by atoms with Crippen LogP contribution in [0, 0.1) is 5.92 Å². The summed E-state index contributed by atoms with van der Waals surface area (Å²) in [5.41, 5.74) is 0. The van der Waals surface area contributed by atoms with Crippen molar-refractivity contribution in [3.63, 3.8) is 0 Å². The molecule has 44 valence electrons. The summed E-state index contributed by atoms with van der Waals surface area (Å²) in [6.07, 6.45) is -0.509. The summed E-state index contributed by atoms with van der Waals surface area (Å²) in [6.45, 7) is 2.83. The van der Waals surface area contributed by atoms with Crippen molar-refractivity contribution in [1.29, 1.82) is 0 Å². The summed E-state index contributed by atoms with van der Waals surface area (Å²) in [7, 11) is 0. The van der Waals surface area contributed by atoms with Gasteiger partial charge in [0.25, 0.3) is 0 Å². The van der Waals surface area contributed by atoms with E-state index in [0.29, 0.717) is 0 Å². The zero-order valence-electron chi connectivity index (χ0n) is 4.69. The van der Waals surface area contributed by atoms with E-state index in [-0.39, 0.29) is 5.92 Å². The zero-order chi connectivity index (χ0) is 5.86. The van der Waals surface area contributed by atoms with Gasteiger partial charge in [-0.2, -0.15) is 0 Å². The fourth-order valence-corrected chi connectivity index (χ4v) is 0.129. The molecule has 0 aromatic rings. The third-order valence-electron chi connectivity index (χ3n) is 1.07. The van der Waals surface area contributed by atoms with Crippen LogP contribution in [0.1, 0.15) is 13.8 Å². The maximum Gasteiger partial charge on any atom is 0.0944 e. The number of halogens is 1. The first-order chi connectivity index (χ1) is 3.18. The predicted octanol–water partition coefficient (Wildman–Crippen LogP) is 0.973. The van der Waals surface area contributed by atoms with Crippen molar-refractivity contribution in [3.8, 4) is 0 Å². The summed E-state index contributed by atoms with van der Waals surface area (Å²) >= 11 is 0. The minimum atomic E-state index is -0.509. The SMILES string of the molecule is CC(CF)[C@H](C)O. The molecule has 1 nitrogen and oxygen atoms in total. The molecule has 0 fully saturated rings. The minimum Gasteiger partial charge on any atom is -0.393 e. The van der Waals surface area contributed by atoms with Gasteiger partial charge in [-0.3, -0.25) is 4.39 Å². The molecule has 0 aliphatic rings. The Morgan fingerprint density at radius 1 is 1.57 bits per heavy atom. The fourth-order valence-electron chi connectivity index (χ4n) is 0.129. The molecule has 1 N–H and O–H groups in total. The molecule has 0 bridgehead atoms. The van der Waals surface area contributed by atoms with Gasteiger partial charge in [0, 0.05) is 5.92 Å². The van der Waals surface area contributed by atoms with Crippen LogP contribution in [0.2, 0.25) is 0 Å². The topological polar surface area (TPSA) is 20.2 Å². The van der Waals surface area contributed by atoms with Crippen LogP contribution in [0.4, 0.5) is 4.39 Å². The largest absolute Gasteiger partial charge is 0.393 e. The van der Waals surface area contributed by atoms with Gasteiger partial charge in [0.1, 0.15) is 0 Å². The summed E-state index contributed by atoms with van der Waals surface area (Å²) < 4.78 is 11.5. The van der Waals surface area contributed by atoms with Gasteiger partial charge in [0.15, 0.2) is 0 Å². The van der Waals surface area contributed by atoms with Crippen molar-refractivity contribution in [2.75, 3.05) is 6.67 Å². The van der Waals surface area contributed by atoms with Crippen LogP contribution in [0.15, 0.2) is 0 Å². The van der Waals surface area contributed by atoms with Gasteiger partial charge in [0.05, 0.1) is 12.8 Å². The molecule has 0 heterocycles. The lowest BCUT2D eigenvalue weighted by Crippen LogP contribution is -2.14. The van der Waals surface area contributed by atoms with E-state index >= 15 is 0 Å². The average molecular weight is 106 g/mol. The summed E-state index contributed by atoms with van der Waals surface area (Å²) in [4.78, 5) is 0. The van der Waals surface area contributed by atoms with Gasteiger partial charge >= 0.3 is 0 Å². The third-order valence-corrected chi connectivity index (χ3v) is 1.07. The summed E-state index contributed by atoms with van der Waals surface area (Å²) in [5.74, 6) is -0.208. The van der Waals surface area contributed by atoms with Gasteiger partial charge in [-0.05, 0) is 6.92 Å². The number of rotatable bonds is 2. The molecular formula is C5H11FO. The van der Waals surface area contributed by atoms with Crippen molar-refractivity contribution in [3.05, 3.63) is 0 Å². The lowest BCUT2D eigenvalue weighted by atomic mass is 10.1. The summed E-state index contributed by atoms with van der Waals surface area (Å²) in [6, 6.07) is 0. The Morgan fingerprint density at radius 3 is 2.00 bits per heavy atom. The molecule has 0 amide bonds. The molecule has 0 aliphatic carbocycles. The Hall–Kier alpha value is -0.110. The molecule has 0 rings (SSSR count). The molecule has 0 aromatic carbocycles. The van der Waals surface area contributed by atoms with Crippen molar-refractivity contribution >= 4 is 0 Å². The Labute approximate surface area is 43.2 Å². The highest BCUT2D eigenvalue weighted by atomic mass is 19.1. The maximum atomic E-state index is 11.5. The van der Waals surface area contributed by atoms with Crippen molar-refractivity contribution in [2.45, 2.75) is 20.0 Å². The highest BCUT2D eigenvalue weighted by molar-refractivity contribution is 4.54. The zero-order valence-corrected chi connectivity index (χ0v) is 4.69. The number of hydrogen-bond acceptors (Lipinski definition) is 1. The van der Waals surface area contributed by atoms with Gasteiger partial charge < -0.3 is 5.11 Å². The normalized spacial score (nSPS) is 18.9. The van der Waals surface area contributed by atoms with E-state index in [2.05, 4.69) is 0 Å². The molecule has 0 saturated heterocycles. The quantitative estimate of drug-likeness (QED) is 0.556. The Balaban J connectivity index is 3.14. The molecular weight excluding hydrogens is 95.1 g/mol. The number of aliphatic hydroxyl groups excluding tert-OH is 1. The van der Waals surface area contributed by atoms with Crippen molar-refractivity contribution in [2.24, 2.45) is 5.92 Å². The van der Waals surface area contributed by atoms with Crippen LogP contribution in [-0.4, -0.2) is 17.9 Å². The Kier molecular flexibility index (Phi) is 2.92. The minimum absolute atomic E-state index is 0.208. The van der Waals surface area contributed by atoms with E-state index in [1.54, 1.807) is 13.8 Å². The predicted molar refractivity (Wildman–Crippen MR) is 26.8 cm³/mol. The van der Waals surface area contributed by atoms with Crippen molar-refractivity contribution in [1.82, 2.24) is 0 Å². The summed E-state index contributed by atoms with van der Waals surface area (Å²) in [5, 5.41) is 8.58. The molecule has 2 atom stereocenters. The maximum absolute atomic E-state index is 11.5. The first-order valence-electron chi connectivity index (χ1n) is 2.42. The molecule has 2 heteroatoms. The lowest BCUT2D eigenvalue weighted by molar-refractivity contribution is 0.118. The molecule has 0 saturated carbocycles. The second kappa shape index (κ2) is 2.97. The van der Waals surface area contributed by atoms with Crippen LogP contribution >= 0.6 is 0 Å². The van der Waals surface area contributed by atoms with Crippen molar-refractivity contribution < 1.29 is 9.50 Å². The van der Waals surface area contributed by atoms with Gasteiger partial charge in [-0.25, -0.2) is 0 Å². The highest BCUT2D eigenvalue weighted by Gasteiger charge is 2.05. The van der Waals surface area contributed by atoms with Crippen LogP contribution in [0.5, 0.6) is 0 Å². The number of aliphatic hydroxyl groups is 1. The van der Waals surface area contributed by atoms with Gasteiger partial charge in [-0.15, -0.1) is 0 Å². The van der Waals surface area contributed by atoms with E-state index in [9.17, 15) is 4.39 Å². The Morgan fingerprint density at radius 2 is 2.00 bits per heavy atom. The monoisotopic (exact) mass is 106 g/mol. The van der Waals surface area contributed by atoms with Crippen LogP contribution < -0.4 is 0 Å².